The van der Waals surface area contributed by atoms with Gasteiger partial charge in [0.25, 0.3) is 0 Å². The topological polar surface area (TPSA) is 9.86 Å². The Hall–Kier alpha value is -7.76. The molecule has 0 radical (unpaired) electrons. The van der Waals surface area contributed by atoms with Gasteiger partial charge in [-0.15, -0.1) is 22.7 Å². The van der Waals surface area contributed by atoms with Crippen molar-refractivity contribution < 1.29 is 0 Å². The highest BCUT2D eigenvalue weighted by Crippen LogP contribution is 2.47. The van der Waals surface area contributed by atoms with E-state index in [1.54, 1.807) is 0 Å². The molecule has 4 heteroatoms. The second-order valence-corrected chi connectivity index (χ2v) is 18.9. The summed E-state index contributed by atoms with van der Waals surface area (Å²) in [6.45, 7) is 0. The summed E-state index contributed by atoms with van der Waals surface area (Å²) in [4.78, 5) is 0. The zero-order valence-electron chi connectivity index (χ0n) is 34.5. The van der Waals surface area contributed by atoms with Crippen LogP contribution in [0.3, 0.4) is 0 Å². The Morgan fingerprint density at radius 2 is 0.719 bits per heavy atom. The molecule has 0 saturated carbocycles. The van der Waals surface area contributed by atoms with E-state index in [4.69, 9.17) is 0 Å². The molecule has 0 bridgehead atoms. The molecular weight excluding hydrogens is 813 g/mol. The largest absolute Gasteiger partial charge is 0.309 e. The van der Waals surface area contributed by atoms with Crippen LogP contribution >= 0.6 is 22.7 Å². The van der Waals surface area contributed by atoms with Gasteiger partial charge in [0.05, 0.1) is 22.1 Å². The monoisotopic (exact) mass is 848 g/mol. The van der Waals surface area contributed by atoms with E-state index >= 15 is 0 Å². The minimum atomic E-state index is 1.13. The number of para-hydroxylation sites is 2. The normalized spacial score (nSPS) is 12.1. The number of fused-ring (bicyclic) bond motifs is 14. The Morgan fingerprint density at radius 1 is 0.266 bits per heavy atom. The fourth-order valence-electron chi connectivity index (χ4n) is 10.5. The van der Waals surface area contributed by atoms with E-state index in [1.807, 2.05) is 22.7 Å². The number of hydrogen-bond donors (Lipinski definition) is 0. The molecule has 0 amide bonds. The van der Waals surface area contributed by atoms with Crippen LogP contribution in [-0.2, 0) is 0 Å². The fraction of sp³-hybridized carbons (Fsp3) is 0. The van der Waals surface area contributed by atoms with Gasteiger partial charge in [-0.25, -0.2) is 0 Å². The second-order valence-electron chi connectivity index (χ2n) is 16.8. The molecule has 0 aliphatic heterocycles. The van der Waals surface area contributed by atoms with Crippen LogP contribution < -0.4 is 0 Å². The number of benzene rings is 10. The van der Waals surface area contributed by atoms with Crippen molar-refractivity contribution in [3.63, 3.8) is 0 Å². The van der Waals surface area contributed by atoms with Crippen LogP contribution in [0.25, 0.3) is 129 Å². The highest BCUT2D eigenvalue weighted by Gasteiger charge is 2.22. The van der Waals surface area contributed by atoms with Crippen LogP contribution in [0.15, 0.2) is 218 Å². The maximum absolute atomic E-state index is 2.51. The summed E-state index contributed by atoms with van der Waals surface area (Å²) >= 11 is 3.81. The minimum absolute atomic E-state index is 1.13. The van der Waals surface area contributed by atoms with Gasteiger partial charge in [-0.05, 0) is 94.0 Å². The molecule has 0 atom stereocenters. The van der Waals surface area contributed by atoms with Gasteiger partial charge in [0.1, 0.15) is 0 Å². The molecule has 14 aromatic rings. The predicted octanol–water partition coefficient (Wildman–Crippen LogP) is 17.6. The molecule has 298 valence electrons. The van der Waals surface area contributed by atoms with Gasteiger partial charge in [-0.1, -0.05) is 158 Å². The van der Waals surface area contributed by atoms with Gasteiger partial charge >= 0.3 is 0 Å². The molecular formula is C60H36N2S2. The summed E-state index contributed by atoms with van der Waals surface area (Å²) in [7, 11) is 0. The first-order valence-electron chi connectivity index (χ1n) is 21.8. The number of hydrogen-bond acceptors (Lipinski definition) is 2. The number of nitrogens with zero attached hydrogens (tertiary/aromatic N) is 2. The Balaban J connectivity index is 1.09. The van der Waals surface area contributed by atoms with Gasteiger partial charge in [0.2, 0.25) is 0 Å². The van der Waals surface area contributed by atoms with Crippen molar-refractivity contribution in [3.8, 4) is 44.8 Å². The van der Waals surface area contributed by atoms with Crippen LogP contribution in [0.2, 0.25) is 0 Å². The summed E-state index contributed by atoms with van der Waals surface area (Å²) in [5.41, 5.74) is 14.2. The van der Waals surface area contributed by atoms with Gasteiger partial charge in [0.15, 0.2) is 0 Å². The van der Waals surface area contributed by atoms with Crippen molar-refractivity contribution in [2.75, 3.05) is 0 Å². The molecule has 4 aromatic heterocycles. The quantitative estimate of drug-likeness (QED) is 0.163. The van der Waals surface area contributed by atoms with Crippen molar-refractivity contribution in [1.29, 1.82) is 0 Å². The standard InChI is InChI=1S/C60H36N2S2/c1-3-15-37(16-4-1)43-28-27-39(35-50(43)38-17-5-2-6-18-38)40-33-41(61-51-23-11-7-21-48(51)57-53(61)31-29-46-44-19-9-13-25-55(44)63-59(46)57)36-42(34-40)62-52-24-12-8-22-49(52)58-54(62)32-30-47-45-20-10-14-26-56(45)64-60(47)58/h1-36H. The number of rotatable bonds is 5. The molecule has 0 aliphatic carbocycles. The van der Waals surface area contributed by atoms with Crippen molar-refractivity contribution in [1.82, 2.24) is 9.13 Å². The summed E-state index contributed by atoms with van der Waals surface area (Å²) in [6, 6.07) is 80.9. The molecule has 0 fully saturated rings. The van der Waals surface area contributed by atoms with Crippen LogP contribution in [-0.4, -0.2) is 9.13 Å². The van der Waals surface area contributed by atoms with E-state index in [0.29, 0.717) is 0 Å². The lowest BCUT2D eigenvalue weighted by molar-refractivity contribution is 1.14. The minimum Gasteiger partial charge on any atom is -0.309 e. The number of thiophene rings is 2. The molecule has 0 spiro atoms. The molecule has 0 saturated heterocycles. The van der Waals surface area contributed by atoms with Crippen LogP contribution in [0.5, 0.6) is 0 Å². The van der Waals surface area contributed by atoms with Gasteiger partial charge < -0.3 is 9.13 Å². The van der Waals surface area contributed by atoms with Crippen LogP contribution in [0.4, 0.5) is 0 Å². The molecule has 14 rings (SSSR count). The lowest BCUT2D eigenvalue weighted by atomic mass is 9.91. The molecule has 64 heavy (non-hydrogen) atoms. The third kappa shape index (κ3) is 5.24. The van der Waals surface area contributed by atoms with Crippen molar-refractivity contribution in [2.45, 2.75) is 0 Å². The first kappa shape index (κ1) is 35.8. The SMILES string of the molecule is c1ccc(-c2ccc(-c3cc(-n4c5ccccc5c5c6sc7ccccc7c6ccc54)cc(-n4c5ccccc5c5c6sc7ccccc7c6ccc54)c3)cc2-c2ccccc2)cc1. The van der Waals surface area contributed by atoms with Gasteiger partial charge in [-0.2, -0.15) is 0 Å². The summed E-state index contributed by atoms with van der Waals surface area (Å²) < 4.78 is 10.3. The smallest absolute Gasteiger partial charge is 0.0555 e. The average Bonchev–Trinajstić information content (AvgIpc) is 4.12. The predicted molar refractivity (Wildman–Crippen MR) is 277 cm³/mol. The maximum Gasteiger partial charge on any atom is 0.0555 e. The maximum atomic E-state index is 2.51. The van der Waals surface area contributed by atoms with E-state index in [1.165, 1.54) is 112 Å². The van der Waals surface area contributed by atoms with Crippen molar-refractivity contribution >= 4 is 107 Å². The lowest BCUT2D eigenvalue weighted by Crippen LogP contribution is -2.00. The third-order valence-electron chi connectivity index (χ3n) is 13.3. The van der Waals surface area contributed by atoms with Crippen LogP contribution in [0.1, 0.15) is 0 Å². The van der Waals surface area contributed by atoms with Gasteiger partial charge in [-0.3, -0.25) is 0 Å². The molecule has 10 aromatic carbocycles. The van der Waals surface area contributed by atoms with Gasteiger partial charge in [0, 0.05) is 73.3 Å². The van der Waals surface area contributed by atoms with Crippen molar-refractivity contribution in [2.24, 2.45) is 0 Å². The second kappa shape index (κ2) is 13.9. The first-order chi connectivity index (χ1) is 31.7. The average molecular weight is 849 g/mol. The van der Waals surface area contributed by atoms with E-state index in [9.17, 15) is 0 Å². The zero-order valence-corrected chi connectivity index (χ0v) is 36.1. The van der Waals surface area contributed by atoms with E-state index in [-0.39, 0.29) is 0 Å². The lowest BCUT2D eigenvalue weighted by Gasteiger charge is -2.17. The molecule has 0 N–H and O–H groups in total. The Kier molecular flexibility index (Phi) is 7.76. The first-order valence-corrected chi connectivity index (χ1v) is 23.5. The van der Waals surface area contributed by atoms with Crippen LogP contribution in [0, 0.1) is 0 Å². The van der Waals surface area contributed by atoms with E-state index in [0.717, 1.165) is 16.9 Å². The zero-order chi connectivity index (χ0) is 41.9. The fourth-order valence-corrected chi connectivity index (χ4v) is 13.0. The Bertz CT molecular complexity index is 3980. The molecule has 4 heterocycles. The Labute approximate surface area is 376 Å². The van der Waals surface area contributed by atoms with Crippen molar-refractivity contribution in [3.05, 3.63) is 218 Å². The summed E-state index contributed by atoms with van der Waals surface area (Å²) in [6.07, 6.45) is 0. The summed E-state index contributed by atoms with van der Waals surface area (Å²) in [5.74, 6) is 0. The highest BCUT2D eigenvalue weighted by atomic mass is 32.1. The highest BCUT2D eigenvalue weighted by molar-refractivity contribution is 7.27. The van der Waals surface area contributed by atoms with E-state index < -0.39 is 0 Å². The molecule has 0 unspecified atom stereocenters. The third-order valence-corrected chi connectivity index (χ3v) is 15.7. The molecule has 0 aliphatic rings. The Morgan fingerprint density at radius 3 is 1.25 bits per heavy atom. The number of aromatic nitrogens is 2. The molecule has 2 nitrogen and oxygen atoms in total. The summed E-state index contributed by atoms with van der Waals surface area (Å²) in [5, 5.41) is 10.4. The van der Waals surface area contributed by atoms with E-state index in [2.05, 4.69) is 228 Å².